The number of alkyl halides is 3. The molecule has 1 unspecified atom stereocenters. The normalized spacial score (nSPS) is 23.0. The summed E-state index contributed by atoms with van der Waals surface area (Å²) in [5.41, 5.74) is 0. The highest BCUT2D eigenvalue weighted by Gasteiger charge is 2.27. The van der Waals surface area contributed by atoms with Crippen molar-refractivity contribution in [3.8, 4) is 0 Å². The lowest BCUT2D eigenvalue weighted by Crippen LogP contribution is -2.38. The fraction of sp³-hybridized carbons (Fsp3) is 1.00. The summed E-state index contributed by atoms with van der Waals surface area (Å²) in [7, 11) is 0. The van der Waals surface area contributed by atoms with Crippen LogP contribution in [-0.2, 0) is 9.47 Å². The molecule has 0 saturated carbocycles. The second-order valence-electron chi connectivity index (χ2n) is 3.54. The molecule has 0 amide bonds. The highest BCUT2D eigenvalue weighted by Crippen LogP contribution is 2.14. The summed E-state index contributed by atoms with van der Waals surface area (Å²) < 4.78 is 44.7. The zero-order valence-corrected chi connectivity index (χ0v) is 8.48. The molecule has 0 radical (unpaired) electrons. The SMILES string of the molecule is FC(F)(F)COCCNC1CCCOC1. The van der Waals surface area contributed by atoms with Crippen molar-refractivity contribution in [2.45, 2.75) is 25.1 Å². The van der Waals surface area contributed by atoms with Crippen molar-refractivity contribution in [1.82, 2.24) is 5.32 Å². The van der Waals surface area contributed by atoms with Crippen LogP contribution in [0, 0.1) is 0 Å². The van der Waals surface area contributed by atoms with E-state index in [1.165, 1.54) is 0 Å². The molecule has 6 heteroatoms. The van der Waals surface area contributed by atoms with E-state index in [9.17, 15) is 13.2 Å². The van der Waals surface area contributed by atoms with Crippen molar-refractivity contribution < 1.29 is 22.6 Å². The van der Waals surface area contributed by atoms with Gasteiger partial charge in [-0.25, -0.2) is 0 Å². The van der Waals surface area contributed by atoms with Crippen LogP contribution in [0.4, 0.5) is 13.2 Å². The fourth-order valence-corrected chi connectivity index (χ4v) is 1.42. The molecule has 0 spiro atoms. The highest BCUT2D eigenvalue weighted by molar-refractivity contribution is 4.69. The third-order valence-electron chi connectivity index (χ3n) is 2.11. The molecule has 1 aliphatic heterocycles. The van der Waals surface area contributed by atoms with Crippen molar-refractivity contribution in [3.05, 3.63) is 0 Å². The topological polar surface area (TPSA) is 30.5 Å². The first-order valence-corrected chi connectivity index (χ1v) is 5.03. The monoisotopic (exact) mass is 227 g/mol. The lowest BCUT2D eigenvalue weighted by molar-refractivity contribution is -0.173. The van der Waals surface area contributed by atoms with Gasteiger partial charge in [-0.3, -0.25) is 0 Å². The number of halogens is 3. The predicted molar refractivity (Wildman–Crippen MR) is 48.7 cm³/mol. The van der Waals surface area contributed by atoms with E-state index in [0.717, 1.165) is 19.4 Å². The molecule has 1 heterocycles. The molecule has 3 nitrogen and oxygen atoms in total. The molecule has 1 atom stereocenters. The fourth-order valence-electron chi connectivity index (χ4n) is 1.42. The average molecular weight is 227 g/mol. The largest absolute Gasteiger partial charge is 0.411 e. The Bertz CT molecular complexity index is 169. The summed E-state index contributed by atoms with van der Waals surface area (Å²) in [6.07, 6.45) is -2.21. The average Bonchev–Trinajstić information content (AvgIpc) is 2.17. The van der Waals surface area contributed by atoms with E-state index in [1.807, 2.05) is 0 Å². The van der Waals surface area contributed by atoms with Gasteiger partial charge >= 0.3 is 6.18 Å². The van der Waals surface area contributed by atoms with Gasteiger partial charge in [-0.1, -0.05) is 0 Å². The first-order chi connectivity index (χ1) is 7.08. The minimum atomic E-state index is -4.23. The van der Waals surface area contributed by atoms with E-state index in [2.05, 4.69) is 10.1 Å². The van der Waals surface area contributed by atoms with Gasteiger partial charge in [0.05, 0.1) is 13.2 Å². The summed E-state index contributed by atoms with van der Waals surface area (Å²) in [6, 6.07) is 0.258. The van der Waals surface area contributed by atoms with E-state index in [1.54, 1.807) is 0 Å². The third-order valence-corrected chi connectivity index (χ3v) is 2.11. The Morgan fingerprint density at radius 2 is 2.20 bits per heavy atom. The predicted octanol–water partition coefficient (Wildman–Crippen LogP) is 1.33. The van der Waals surface area contributed by atoms with Gasteiger partial charge in [0.2, 0.25) is 0 Å². The molecule has 1 fully saturated rings. The second-order valence-corrected chi connectivity index (χ2v) is 3.54. The molecule has 0 bridgehead atoms. The highest BCUT2D eigenvalue weighted by atomic mass is 19.4. The number of hydrogen-bond donors (Lipinski definition) is 1. The minimum absolute atomic E-state index is 0.0794. The van der Waals surface area contributed by atoms with Gasteiger partial charge in [-0.05, 0) is 12.8 Å². The van der Waals surface area contributed by atoms with Gasteiger partial charge in [-0.2, -0.15) is 13.2 Å². The molecule has 1 rings (SSSR count). The number of rotatable bonds is 5. The molecular formula is C9H16F3NO2. The van der Waals surface area contributed by atoms with Crippen molar-refractivity contribution in [2.24, 2.45) is 0 Å². The Hall–Kier alpha value is -0.330. The van der Waals surface area contributed by atoms with Crippen LogP contribution in [0.25, 0.3) is 0 Å². The van der Waals surface area contributed by atoms with Crippen molar-refractivity contribution >= 4 is 0 Å². The van der Waals surface area contributed by atoms with Crippen molar-refractivity contribution in [3.63, 3.8) is 0 Å². The molecule has 1 N–H and O–H groups in total. The van der Waals surface area contributed by atoms with E-state index in [-0.39, 0.29) is 12.6 Å². The molecule has 1 saturated heterocycles. The number of ether oxygens (including phenoxy) is 2. The van der Waals surface area contributed by atoms with E-state index in [0.29, 0.717) is 13.2 Å². The minimum Gasteiger partial charge on any atom is -0.380 e. The Morgan fingerprint density at radius 1 is 1.40 bits per heavy atom. The summed E-state index contributed by atoms with van der Waals surface area (Å²) in [5, 5.41) is 3.09. The molecular weight excluding hydrogens is 211 g/mol. The molecule has 0 aliphatic carbocycles. The molecule has 15 heavy (non-hydrogen) atoms. The van der Waals surface area contributed by atoms with Crippen LogP contribution in [0.3, 0.4) is 0 Å². The Balaban J connectivity index is 1.92. The maximum absolute atomic E-state index is 11.7. The van der Waals surface area contributed by atoms with Gasteiger partial charge in [0, 0.05) is 19.2 Å². The lowest BCUT2D eigenvalue weighted by Gasteiger charge is -2.23. The summed E-state index contributed by atoms with van der Waals surface area (Å²) in [4.78, 5) is 0. The molecule has 0 aromatic rings. The lowest BCUT2D eigenvalue weighted by atomic mass is 10.1. The van der Waals surface area contributed by atoms with E-state index < -0.39 is 12.8 Å². The van der Waals surface area contributed by atoms with E-state index in [4.69, 9.17) is 4.74 Å². The van der Waals surface area contributed by atoms with Crippen LogP contribution in [0.15, 0.2) is 0 Å². The first-order valence-electron chi connectivity index (χ1n) is 5.03. The third kappa shape index (κ3) is 6.70. The van der Waals surface area contributed by atoms with Crippen LogP contribution in [-0.4, -0.2) is 45.2 Å². The maximum Gasteiger partial charge on any atom is 0.411 e. The molecule has 0 aromatic carbocycles. The van der Waals surface area contributed by atoms with Gasteiger partial charge in [-0.15, -0.1) is 0 Å². The number of hydrogen-bond acceptors (Lipinski definition) is 3. The molecule has 1 aliphatic rings. The van der Waals surface area contributed by atoms with Gasteiger partial charge < -0.3 is 14.8 Å². The molecule has 90 valence electrons. The van der Waals surface area contributed by atoms with Crippen LogP contribution in [0.1, 0.15) is 12.8 Å². The maximum atomic E-state index is 11.7. The summed E-state index contributed by atoms with van der Waals surface area (Å²) >= 11 is 0. The number of nitrogens with one attached hydrogen (secondary N) is 1. The van der Waals surface area contributed by atoms with Crippen molar-refractivity contribution in [2.75, 3.05) is 33.0 Å². The zero-order chi connectivity index (χ0) is 11.1. The first kappa shape index (κ1) is 12.7. The quantitative estimate of drug-likeness (QED) is 0.719. The van der Waals surface area contributed by atoms with Gasteiger partial charge in [0.15, 0.2) is 0 Å². The molecule has 0 aromatic heterocycles. The zero-order valence-electron chi connectivity index (χ0n) is 8.48. The Kier molecular flexibility index (Phi) is 5.35. The van der Waals surface area contributed by atoms with Crippen LogP contribution < -0.4 is 5.32 Å². The van der Waals surface area contributed by atoms with Gasteiger partial charge in [0.1, 0.15) is 6.61 Å². The van der Waals surface area contributed by atoms with Crippen LogP contribution in [0.5, 0.6) is 0 Å². The standard InChI is InChI=1S/C9H16F3NO2/c10-9(11,12)7-15-5-3-13-8-2-1-4-14-6-8/h8,13H,1-7H2. The van der Waals surface area contributed by atoms with Crippen molar-refractivity contribution in [1.29, 1.82) is 0 Å². The smallest absolute Gasteiger partial charge is 0.380 e. The van der Waals surface area contributed by atoms with Gasteiger partial charge in [0.25, 0.3) is 0 Å². The van der Waals surface area contributed by atoms with Crippen LogP contribution in [0.2, 0.25) is 0 Å². The van der Waals surface area contributed by atoms with Crippen LogP contribution >= 0.6 is 0 Å². The summed E-state index contributed by atoms with van der Waals surface area (Å²) in [5.74, 6) is 0. The summed E-state index contributed by atoms with van der Waals surface area (Å²) in [6.45, 7) is 0.762. The second kappa shape index (κ2) is 6.30. The Morgan fingerprint density at radius 3 is 2.80 bits per heavy atom. The van der Waals surface area contributed by atoms with E-state index >= 15 is 0 Å². The Labute approximate surface area is 86.9 Å².